The molecule has 170 valence electrons. The van der Waals surface area contributed by atoms with E-state index in [1.54, 1.807) is 43.3 Å². The van der Waals surface area contributed by atoms with Gasteiger partial charge in [-0.25, -0.2) is 4.98 Å². The van der Waals surface area contributed by atoms with Crippen LogP contribution in [0.1, 0.15) is 12.5 Å². The van der Waals surface area contributed by atoms with Crippen LogP contribution in [-0.2, 0) is 4.79 Å². The number of ether oxygens (including phenoxy) is 1. The van der Waals surface area contributed by atoms with Crippen LogP contribution in [0.5, 0.6) is 5.75 Å². The van der Waals surface area contributed by atoms with Crippen LogP contribution in [0.3, 0.4) is 0 Å². The van der Waals surface area contributed by atoms with E-state index in [-0.39, 0.29) is 5.16 Å². The maximum atomic E-state index is 13.4. The number of benzene rings is 2. The minimum atomic E-state index is -4.53. The Bertz CT molecular complexity index is 1230. The summed E-state index contributed by atoms with van der Waals surface area (Å²) in [5.74, 6) is -0.531. The Labute approximate surface area is 190 Å². The number of rotatable bonds is 6. The molecule has 0 saturated heterocycles. The van der Waals surface area contributed by atoms with E-state index in [0.29, 0.717) is 32.9 Å². The van der Waals surface area contributed by atoms with Gasteiger partial charge in [0.2, 0.25) is 5.91 Å². The number of fused-ring (bicyclic) bond motifs is 1. The fourth-order valence-electron chi connectivity index (χ4n) is 2.93. The van der Waals surface area contributed by atoms with Crippen molar-refractivity contribution in [2.75, 3.05) is 13.7 Å². The SMILES string of the molecule is COc1cc(Cl)c(C)cc1-n1c(SC(C)C(=O)NCC(F)(F)F)nc2ccccc2c1=O. The quantitative estimate of drug-likeness (QED) is 0.410. The second-order valence-corrected chi connectivity index (χ2v) is 8.63. The molecule has 1 aromatic heterocycles. The smallest absolute Gasteiger partial charge is 0.405 e. The number of nitrogens with zero attached hydrogens (tertiary/aromatic N) is 2. The molecule has 0 radical (unpaired) electrons. The van der Waals surface area contributed by atoms with Crippen LogP contribution in [-0.4, -0.2) is 40.5 Å². The Kier molecular flexibility index (Phi) is 7.04. The lowest BCUT2D eigenvalue weighted by Crippen LogP contribution is -2.38. The van der Waals surface area contributed by atoms with Crippen molar-refractivity contribution >= 4 is 40.2 Å². The molecule has 1 heterocycles. The minimum absolute atomic E-state index is 0.128. The molecule has 0 saturated carbocycles. The third-order valence-corrected chi connectivity index (χ3v) is 6.02. The van der Waals surface area contributed by atoms with Gasteiger partial charge in [-0.15, -0.1) is 0 Å². The molecule has 3 aromatic rings. The van der Waals surface area contributed by atoms with Gasteiger partial charge in [-0.05, 0) is 37.6 Å². The first-order valence-corrected chi connectivity index (χ1v) is 10.6. The molecular weight excluding hydrogens is 467 g/mol. The highest BCUT2D eigenvalue weighted by molar-refractivity contribution is 8.00. The van der Waals surface area contributed by atoms with Crippen LogP contribution in [0.25, 0.3) is 16.6 Å². The summed E-state index contributed by atoms with van der Waals surface area (Å²) in [5, 5.41) is 1.78. The molecule has 1 unspecified atom stereocenters. The molecule has 11 heteroatoms. The van der Waals surface area contributed by atoms with Crippen molar-refractivity contribution in [3.05, 3.63) is 57.3 Å². The molecule has 0 aliphatic rings. The van der Waals surface area contributed by atoms with E-state index in [4.69, 9.17) is 16.3 Å². The Morgan fingerprint density at radius 2 is 2.00 bits per heavy atom. The zero-order valence-electron chi connectivity index (χ0n) is 17.3. The van der Waals surface area contributed by atoms with Gasteiger partial charge < -0.3 is 10.1 Å². The molecule has 0 fully saturated rings. The Balaban J connectivity index is 2.14. The monoisotopic (exact) mass is 485 g/mol. The first-order chi connectivity index (χ1) is 15.0. The molecule has 1 amide bonds. The average molecular weight is 486 g/mol. The first-order valence-electron chi connectivity index (χ1n) is 9.39. The number of carbonyl (C=O) groups excluding carboxylic acids is 1. The lowest BCUT2D eigenvalue weighted by molar-refractivity contribution is -0.137. The van der Waals surface area contributed by atoms with Crippen LogP contribution in [0.4, 0.5) is 13.2 Å². The van der Waals surface area contributed by atoms with Crippen molar-refractivity contribution in [3.8, 4) is 11.4 Å². The van der Waals surface area contributed by atoms with Crippen LogP contribution >= 0.6 is 23.4 Å². The number of aromatic nitrogens is 2. The number of para-hydroxylation sites is 1. The Morgan fingerprint density at radius 1 is 1.31 bits per heavy atom. The summed E-state index contributed by atoms with van der Waals surface area (Å²) in [5.41, 5.74) is 1.00. The number of amides is 1. The predicted molar refractivity (Wildman–Crippen MR) is 118 cm³/mol. The molecule has 1 atom stereocenters. The normalized spacial score (nSPS) is 12.6. The molecule has 3 rings (SSSR count). The summed E-state index contributed by atoms with van der Waals surface area (Å²) in [4.78, 5) is 30.1. The topological polar surface area (TPSA) is 73.2 Å². The first kappa shape index (κ1) is 23.9. The fraction of sp³-hybridized carbons (Fsp3) is 0.286. The number of halogens is 4. The fourth-order valence-corrected chi connectivity index (χ4v) is 4.03. The van der Waals surface area contributed by atoms with Crippen LogP contribution in [0.2, 0.25) is 5.02 Å². The highest BCUT2D eigenvalue weighted by Crippen LogP contribution is 2.33. The second-order valence-electron chi connectivity index (χ2n) is 6.92. The third kappa shape index (κ3) is 5.18. The van der Waals surface area contributed by atoms with E-state index in [0.717, 1.165) is 11.8 Å². The van der Waals surface area contributed by atoms with E-state index >= 15 is 0 Å². The van der Waals surface area contributed by atoms with Gasteiger partial charge in [0.05, 0.1) is 29.0 Å². The number of aryl methyl sites for hydroxylation is 1. The highest BCUT2D eigenvalue weighted by Gasteiger charge is 2.29. The minimum Gasteiger partial charge on any atom is -0.495 e. The zero-order valence-corrected chi connectivity index (χ0v) is 18.9. The standard InChI is InChI=1S/C21H19ClF3N3O3S/c1-11-8-16(17(31-3)9-14(11)22)28-19(30)13-6-4-5-7-15(13)27-20(28)32-12(2)18(29)26-10-21(23,24)25/h4-9,12H,10H2,1-3H3,(H,26,29). The van der Waals surface area contributed by atoms with Crippen LogP contribution in [0.15, 0.2) is 46.3 Å². The summed E-state index contributed by atoms with van der Waals surface area (Å²) in [7, 11) is 1.42. The largest absolute Gasteiger partial charge is 0.495 e. The predicted octanol–water partition coefficient (Wildman–Crippen LogP) is 4.52. The van der Waals surface area contributed by atoms with Gasteiger partial charge in [0.1, 0.15) is 12.3 Å². The lowest BCUT2D eigenvalue weighted by atomic mass is 10.2. The number of hydrogen-bond donors (Lipinski definition) is 1. The van der Waals surface area contributed by atoms with E-state index in [9.17, 15) is 22.8 Å². The van der Waals surface area contributed by atoms with Gasteiger partial charge in [0.25, 0.3) is 5.56 Å². The van der Waals surface area contributed by atoms with Gasteiger partial charge in [-0.3, -0.25) is 14.2 Å². The van der Waals surface area contributed by atoms with E-state index in [1.807, 2.05) is 5.32 Å². The molecule has 0 aliphatic heterocycles. The van der Waals surface area contributed by atoms with Crippen molar-refractivity contribution in [2.24, 2.45) is 0 Å². The molecule has 0 aliphatic carbocycles. The maximum Gasteiger partial charge on any atom is 0.405 e. The average Bonchev–Trinajstić information content (AvgIpc) is 2.73. The number of methoxy groups -OCH3 is 1. The number of hydrogen-bond acceptors (Lipinski definition) is 5. The molecule has 0 spiro atoms. The zero-order chi connectivity index (χ0) is 23.6. The van der Waals surface area contributed by atoms with E-state index in [1.165, 1.54) is 18.6 Å². The van der Waals surface area contributed by atoms with E-state index < -0.39 is 29.4 Å². The van der Waals surface area contributed by atoms with Crippen molar-refractivity contribution < 1.29 is 22.7 Å². The third-order valence-electron chi connectivity index (χ3n) is 4.56. The molecule has 1 N–H and O–H groups in total. The van der Waals surface area contributed by atoms with Gasteiger partial charge in [-0.2, -0.15) is 13.2 Å². The van der Waals surface area contributed by atoms with E-state index in [2.05, 4.69) is 4.98 Å². The molecule has 2 aromatic carbocycles. The van der Waals surface area contributed by atoms with Gasteiger partial charge in [0.15, 0.2) is 5.16 Å². The number of thioether (sulfide) groups is 1. The Morgan fingerprint density at radius 3 is 2.66 bits per heavy atom. The van der Waals surface area contributed by atoms with Gasteiger partial charge >= 0.3 is 6.18 Å². The van der Waals surface area contributed by atoms with Crippen molar-refractivity contribution in [3.63, 3.8) is 0 Å². The lowest BCUT2D eigenvalue weighted by Gasteiger charge is -2.19. The molecular formula is C21H19ClF3N3O3S. The summed E-state index contributed by atoms with van der Waals surface area (Å²) in [6.07, 6.45) is -4.53. The maximum absolute atomic E-state index is 13.4. The van der Waals surface area contributed by atoms with Gasteiger partial charge in [-0.1, -0.05) is 35.5 Å². The van der Waals surface area contributed by atoms with Crippen molar-refractivity contribution in [1.29, 1.82) is 0 Å². The van der Waals surface area contributed by atoms with Crippen molar-refractivity contribution in [1.82, 2.24) is 14.9 Å². The Hall–Kier alpha value is -2.72. The number of alkyl halides is 3. The summed E-state index contributed by atoms with van der Waals surface area (Å²) >= 11 is 7.06. The molecule has 6 nitrogen and oxygen atoms in total. The summed E-state index contributed by atoms with van der Waals surface area (Å²) in [6, 6.07) is 9.87. The number of carbonyl (C=O) groups is 1. The highest BCUT2D eigenvalue weighted by atomic mass is 35.5. The van der Waals surface area contributed by atoms with Crippen molar-refractivity contribution in [2.45, 2.75) is 30.4 Å². The van der Waals surface area contributed by atoms with Crippen LogP contribution < -0.4 is 15.6 Å². The van der Waals surface area contributed by atoms with Crippen LogP contribution in [0, 0.1) is 6.92 Å². The number of nitrogens with one attached hydrogen (secondary N) is 1. The molecule has 32 heavy (non-hydrogen) atoms. The molecule has 0 bridgehead atoms. The summed E-state index contributed by atoms with van der Waals surface area (Å²) in [6.45, 7) is 1.75. The summed E-state index contributed by atoms with van der Waals surface area (Å²) < 4.78 is 44.1. The van der Waals surface area contributed by atoms with Gasteiger partial charge in [0, 0.05) is 11.1 Å². The second kappa shape index (κ2) is 9.41.